The first-order valence-corrected chi connectivity index (χ1v) is 29.4. The number of esters is 1. The van der Waals surface area contributed by atoms with Gasteiger partial charge in [0.25, 0.3) is 0 Å². The van der Waals surface area contributed by atoms with Crippen molar-refractivity contribution in [2.45, 2.75) is 341 Å². The maximum Gasteiger partial charge on any atom is 0.305 e. The molecule has 0 aromatic rings. The SMILES string of the molecule is CCCCCC/C=C\CCCCCCCC(=O)OCCCCCCCCCCCCCCCC(=O)NC(CO)C(O)CCCCCCCCCCCCCCCCCCCCCCCC. The summed E-state index contributed by atoms with van der Waals surface area (Å²) in [6.07, 6.45) is 64.8. The molecule has 386 valence electrons. The number of ether oxygens (including phenoxy) is 1. The Kier molecular flexibility index (Phi) is 54.0. The number of unbranched alkanes of at least 4 members (excludes halogenated alkanes) is 42. The lowest BCUT2D eigenvalue weighted by Crippen LogP contribution is -2.45. The molecule has 0 aromatic heterocycles. The molecule has 0 aliphatic rings. The quantitative estimate of drug-likeness (QED) is 0.0321. The number of hydrogen-bond donors (Lipinski definition) is 3. The molecule has 0 aliphatic carbocycles. The minimum Gasteiger partial charge on any atom is -0.466 e. The van der Waals surface area contributed by atoms with Gasteiger partial charge in [0.2, 0.25) is 5.91 Å². The summed E-state index contributed by atoms with van der Waals surface area (Å²) in [5.74, 6) is -0.0582. The molecule has 6 heteroatoms. The molecule has 0 heterocycles. The zero-order valence-corrected chi connectivity index (χ0v) is 44.0. The van der Waals surface area contributed by atoms with E-state index in [4.69, 9.17) is 4.74 Å². The van der Waals surface area contributed by atoms with Crippen LogP contribution in [-0.2, 0) is 14.3 Å². The Bertz CT molecular complexity index is 970. The van der Waals surface area contributed by atoms with Crippen LogP contribution in [0.1, 0.15) is 328 Å². The zero-order chi connectivity index (χ0) is 47.2. The van der Waals surface area contributed by atoms with Crippen LogP contribution in [0, 0.1) is 0 Å². The Morgan fingerprint density at radius 2 is 0.723 bits per heavy atom. The predicted molar refractivity (Wildman–Crippen MR) is 283 cm³/mol. The molecule has 0 saturated heterocycles. The third-order valence-electron chi connectivity index (χ3n) is 13.8. The smallest absolute Gasteiger partial charge is 0.305 e. The van der Waals surface area contributed by atoms with Crippen molar-refractivity contribution in [3.8, 4) is 0 Å². The minimum atomic E-state index is -0.673. The minimum absolute atomic E-state index is 0.0136. The third kappa shape index (κ3) is 51.8. The molecule has 0 aromatic carbocycles. The molecule has 65 heavy (non-hydrogen) atoms. The van der Waals surface area contributed by atoms with Gasteiger partial charge in [0, 0.05) is 12.8 Å². The highest BCUT2D eigenvalue weighted by atomic mass is 16.5. The highest BCUT2D eigenvalue weighted by Crippen LogP contribution is 2.18. The highest BCUT2D eigenvalue weighted by molar-refractivity contribution is 5.76. The summed E-state index contributed by atoms with van der Waals surface area (Å²) >= 11 is 0. The van der Waals surface area contributed by atoms with Crippen LogP contribution in [0.5, 0.6) is 0 Å². The van der Waals surface area contributed by atoms with Crippen molar-refractivity contribution in [2.75, 3.05) is 13.2 Å². The molecule has 0 spiro atoms. The van der Waals surface area contributed by atoms with Gasteiger partial charge in [-0.1, -0.05) is 276 Å². The standard InChI is InChI=1S/C59H115NO5/c1-3-5-7-9-11-13-15-17-18-19-20-21-22-23-24-25-28-31-35-39-43-47-51-57(62)56(55-61)60-58(63)52-48-44-40-36-32-29-26-30-34-38-42-46-50-54-65-59(64)53-49-45-41-37-33-27-16-14-12-10-8-6-4-2/h14,16,56-57,61-62H,3-13,15,17-55H2,1-2H3,(H,60,63)/b16-14-. The maximum atomic E-state index is 12.5. The van der Waals surface area contributed by atoms with Crippen molar-refractivity contribution in [3.05, 3.63) is 12.2 Å². The van der Waals surface area contributed by atoms with Gasteiger partial charge in [-0.15, -0.1) is 0 Å². The van der Waals surface area contributed by atoms with Gasteiger partial charge >= 0.3 is 5.97 Å². The van der Waals surface area contributed by atoms with Crippen LogP contribution in [0.25, 0.3) is 0 Å². The van der Waals surface area contributed by atoms with Gasteiger partial charge in [0.15, 0.2) is 0 Å². The fraction of sp³-hybridized carbons (Fsp3) is 0.932. The Hall–Kier alpha value is -1.40. The van der Waals surface area contributed by atoms with Gasteiger partial charge < -0.3 is 20.3 Å². The number of carbonyl (C=O) groups is 2. The van der Waals surface area contributed by atoms with Crippen LogP contribution >= 0.6 is 0 Å². The van der Waals surface area contributed by atoms with Crippen molar-refractivity contribution in [2.24, 2.45) is 0 Å². The van der Waals surface area contributed by atoms with Gasteiger partial charge in [0.05, 0.1) is 25.4 Å². The summed E-state index contributed by atoms with van der Waals surface area (Å²) in [5, 5.41) is 23.3. The second-order valence-corrected chi connectivity index (χ2v) is 20.3. The van der Waals surface area contributed by atoms with Crippen LogP contribution in [0.4, 0.5) is 0 Å². The number of allylic oxidation sites excluding steroid dienone is 2. The summed E-state index contributed by atoms with van der Waals surface area (Å²) in [4.78, 5) is 24.5. The molecule has 2 atom stereocenters. The molecular formula is C59H115NO5. The van der Waals surface area contributed by atoms with E-state index in [1.165, 1.54) is 244 Å². The van der Waals surface area contributed by atoms with Crippen LogP contribution < -0.4 is 5.32 Å². The normalized spacial score (nSPS) is 12.6. The molecule has 6 nitrogen and oxygen atoms in total. The summed E-state index contributed by atoms with van der Waals surface area (Å²) in [6.45, 7) is 4.93. The largest absolute Gasteiger partial charge is 0.466 e. The van der Waals surface area contributed by atoms with Gasteiger partial charge in [0.1, 0.15) is 0 Å². The van der Waals surface area contributed by atoms with Crippen LogP contribution in [0.2, 0.25) is 0 Å². The van der Waals surface area contributed by atoms with Crippen molar-refractivity contribution in [1.29, 1.82) is 0 Å². The Balaban J connectivity index is 3.44. The molecule has 0 bridgehead atoms. The summed E-state index contributed by atoms with van der Waals surface area (Å²) in [7, 11) is 0. The van der Waals surface area contributed by atoms with Crippen molar-refractivity contribution < 1.29 is 24.5 Å². The lowest BCUT2D eigenvalue weighted by Gasteiger charge is -2.22. The number of nitrogens with one attached hydrogen (secondary N) is 1. The number of aliphatic hydroxyl groups is 2. The van der Waals surface area contributed by atoms with Crippen molar-refractivity contribution >= 4 is 11.9 Å². The molecule has 0 radical (unpaired) electrons. The topological polar surface area (TPSA) is 95.9 Å². The number of amides is 1. The monoisotopic (exact) mass is 918 g/mol. The molecule has 0 fully saturated rings. The molecule has 1 amide bonds. The van der Waals surface area contributed by atoms with Crippen LogP contribution in [-0.4, -0.2) is 47.4 Å². The van der Waals surface area contributed by atoms with E-state index in [0.717, 1.165) is 51.4 Å². The number of aliphatic hydroxyl groups excluding tert-OH is 2. The van der Waals surface area contributed by atoms with E-state index < -0.39 is 12.1 Å². The van der Waals surface area contributed by atoms with E-state index in [0.29, 0.717) is 25.9 Å². The van der Waals surface area contributed by atoms with Crippen LogP contribution in [0.15, 0.2) is 12.2 Å². The molecule has 0 saturated carbocycles. The Morgan fingerprint density at radius 3 is 1.11 bits per heavy atom. The van der Waals surface area contributed by atoms with E-state index in [1.54, 1.807) is 0 Å². The summed E-state index contributed by atoms with van der Waals surface area (Å²) in [6, 6.07) is -0.552. The van der Waals surface area contributed by atoms with Crippen molar-refractivity contribution in [1.82, 2.24) is 5.32 Å². The van der Waals surface area contributed by atoms with Gasteiger partial charge in [-0.05, 0) is 51.4 Å². The molecule has 3 N–H and O–H groups in total. The number of carbonyl (C=O) groups excluding carboxylic acids is 2. The maximum absolute atomic E-state index is 12.5. The number of rotatable bonds is 55. The van der Waals surface area contributed by atoms with Crippen LogP contribution in [0.3, 0.4) is 0 Å². The van der Waals surface area contributed by atoms with Crippen molar-refractivity contribution in [3.63, 3.8) is 0 Å². The lowest BCUT2D eigenvalue weighted by atomic mass is 10.0. The fourth-order valence-corrected chi connectivity index (χ4v) is 9.28. The summed E-state index contributed by atoms with van der Waals surface area (Å²) < 4.78 is 5.46. The predicted octanol–water partition coefficient (Wildman–Crippen LogP) is 18.1. The first-order valence-electron chi connectivity index (χ1n) is 29.4. The van der Waals surface area contributed by atoms with E-state index in [9.17, 15) is 19.8 Å². The van der Waals surface area contributed by atoms with E-state index in [-0.39, 0.29) is 18.5 Å². The Labute approximate surface area is 406 Å². The third-order valence-corrected chi connectivity index (χ3v) is 13.8. The average molecular weight is 919 g/mol. The first kappa shape index (κ1) is 63.6. The molecule has 2 unspecified atom stereocenters. The second-order valence-electron chi connectivity index (χ2n) is 20.3. The van der Waals surface area contributed by atoms with Gasteiger partial charge in [-0.25, -0.2) is 0 Å². The van der Waals surface area contributed by atoms with E-state index in [2.05, 4.69) is 31.3 Å². The fourth-order valence-electron chi connectivity index (χ4n) is 9.28. The molecular weight excluding hydrogens is 803 g/mol. The van der Waals surface area contributed by atoms with Gasteiger partial charge in [-0.2, -0.15) is 0 Å². The van der Waals surface area contributed by atoms with E-state index >= 15 is 0 Å². The Morgan fingerprint density at radius 1 is 0.415 bits per heavy atom. The van der Waals surface area contributed by atoms with E-state index in [1.807, 2.05) is 0 Å². The number of hydrogen-bond acceptors (Lipinski definition) is 5. The molecule has 0 aliphatic heterocycles. The zero-order valence-electron chi connectivity index (χ0n) is 44.0. The lowest BCUT2D eigenvalue weighted by molar-refractivity contribution is -0.143. The van der Waals surface area contributed by atoms with Gasteiger partial charge in [-0.3, -0.25) is 9.59 Å². The first-order chi connectivity index (χ1) is 32.0. The average Bonchev–Trinajstić information content (AvgIpc) is 3.31. The second kappa shape index (κ2) is 55.2. The summed E-state index contributed by atoms with van der Waals surface area (Å²) in [5.41, 5.74) is 0. The molecule has 0 rings (SSSR count). The highest BCUT2D eigenvalue weighted by Gasteiger charge is 2.20.